The second-order valence-electron chi connectivity index (χ2n) is 4.26. The van der Waals surface area contributed by atoms with E-state index in [0.717, 1.165) is 0 Å². The van der Waals surface area contributed by atoms with Crippen LogP contribution in [0.2, 0.25) is 5.02 Å². The van der Waals surface area contributed by atoms with Crippen LogP contribution in [0.5, 0.6) is 0 Å². The van der Waals surface area contributed by atoms with Crippen molar-refractivity contribution in [3.63, 3.8) is 0 Å². The summed E-state index contributed by atoms with van der Waals surface area (Å²) in [4.78, 5) is 24.6. The van der Waals surface area contributed by atoms with E-state index in [1.165, 1.54) is 23.1 Å². The number of rotatable bonds is 2. The molecule has 1 saturated heterocycles. The monoisotopic (exact) mass is 316 g/mol. The summed E-state index contributed by atoms with van der Waals surface area (Å²) in [6, 6.07) is 3.77. The number of anilines is 1. The van der Waals surface area contributed by atoms with Gasteiger partial charge in [0.25, 0.3) is 0 Å². The number of carboxylic acid groups (broad SMARTS) is 1. The third-order valence-corrected chi connectivity index (χ3v) is 4.43. The molecule has 1 aromatic carbocycles. The van der Waals surface area contributed by atoms with Crippen molar-refractivity contribution in [2.24, 2.45) is 0 Å². The number of urea groups is 1. The minimum Gasteiger partial charge on any atom is -0.478 e. The van der Waals surface area contributed by atoms with E-state index in [2.05, 4.69) is 5.32 Å². The maximum atomic E-state index is 12.0. The normalized spacial score (nSPS) is 15.9. The number of halogens is 1. The fourth-order valence-corrected chi connectivity index (χ4v) is 3.07. The van der Waals surface area contributed by atoms with Crippen LogP contribution in [0.1, 0.15) is 10.4 Å². The summed E-state index contributed by atoms with van der Waals surface area (Å²) >= 11 is 5.81. The van der Waals surface area contributed by atoms with Crippen LogP contribution in [0.25, 0.3) is 0 Å². The molecule has 1 fully saturated rings. The van der Waals surface area contributed by atoms with Gasteiger partial charge in [0.2, 0.25) is 0 Å². The Kier molecular flexibility index (Phi) is 4.61. The van der Waals surface area contributed by atoms with Gasteiger partial charge in [-0.1, -0.05) is 11.6 Å². The molecule has 8 heteroatoms. The first kappa shape index (κ1) is 14.8. The zero-order valence-electron chi connectivity index (χ0n) is 10.5. The van der Waals surface area contributed by atoms with Gasteiger partial charge in [0.1, 0.15) is 0 Å². The van der Waals surface area contributed by atoms with E-state index in [1.54, 1.807) is 0 Å². The number of hydrogen-bond donors (Lipinski definition) is 2. The van der Waals surface area contributed by atoms with Gasteiger partial charge in [0.15, 0.2) is 0 Å². The van der Waals surface area contributed by atoms with Crippen molar-refractivity contribution in [3.05, 3.63) is 28.8 Å². The van der Waals surface area contributed by atoms with Crippen molar-refractivity contribution in [2.45, 2.75) is 0 Å². The number of carbonyl (C=O) groups is 2. The fourth-order valence-electron chi connectivity index (χ4n) is 1.84. The van der Waals surface area contributed by atoms with Gasteiger partial charge in [0, 0.05) is 40.4 Å². The van der Waals surface area contributed by atoms with Gasteiger partial charge in [-0.15, -0.1) is 0 Å². The Balaban J connectivity index is 2.13. The van der Waals surface area contributed by atoms with E-state index < -0.39 is 22.8 Å². The van der Waals surface area contributed by atoms with Gasteiger partial charge in [0.05, 0.1) is 11.3 Å². The third-order valence-electron chi connectivity index (χ3n) is 2.92. The zero-order chi connectivity index (χ0) is 14.7. The van der Waals surface area contributed by atoms with Gasteiger partial charge in [-0.3, -0.25) is 4.21 Å². The van der Waals surface area contributed by atoms with Gasteiger partial charge in [-0.25, -0.2) is 9.59 Å². The fraction of sp³-hybridized carbons (Fsp3) is 0.333. The Morgan fingerprint density at radius 2 is 1.95 bits per heavy atom. The molecule has 2 amide bonds. The lowest BCUT2D eigenvalue weighted by atomic mass is 10.2. The second-order valence-corrected chi connectivity index (χ2v) is 6.39. The van der Waals surface area contributed by atoms with Gasteiger partial charge >= 0.3 is 12.0 Å². The van der Waals surface area contributed by atoms with Crippen molar-refractivity contribution in [1.82, 2.24) is 4.90 Å². The van der Waals surface area contributed by atoms with Crippen LogP contribution in [0, 0.1) is 0 Å². The van der Waals surface area contributed by atoms with E-state index >= 15 is 0 Å². The van der Waals surface area contributed by atoms with E-state index in [4.69, 9.17) is 16.7 Å². The molecule has 2 rings (SSSR count). The lowest BCUT2D eigenvalue weighted by Crippen LogP contribution is -2.44. The Hall–Kier alpha value is -1.60. The van der Waals surface area contributed by atoms with Crippen LogP contribution in [0.3, 0.4) is 0 Å². The Bertz CT molecular complexity index is 569. The van der Waals surface area contributed by atoms with Crippen molar-refractivity contribution >= 4 is 40.1 Å². The molecule has 6 nitrogen and oxygen atoms in total. The van der Waals surface area contributed by atoms with E-state index in [0.29, 0.717) is 29.6 Å². The number of carboxylic acids is 1. The molecule has 0 spiro atoms. The molecular weight excluding hydrogens is 304 g/mol. The summed E-state index contributed by atoms with van der Waals surface area (Å²) in [6.07, 6.45) is 0. The van der Waals surface area contributed by atoms with Crippen LogP contribution < -0.4 is 5.32 Å². The summed E-state index contributed by atoms with van der Waals surface area (Å²) in [5, 5.41) is 11.9. The highest BCUT2D eigenvalue weighted by Gasteiger charge is 2.21. The van der Waals surface area contributed by atoms with Crippen LogP contribution in [-0.4, -0.2) is 50.8 Å². The SMILES string of the molecule is O=C(O)c1ccc(Cl)cc1NC(=O)N1CCS(=O)CC1. The van der Waals surface area contributed by atoms with E-state index in [9.17, 15) is 13.8 Å². The summed E-state index contributed by atoms with van der Waals surface area (Å²) in [5.74, 6) is -0.263. The standard InChI is InChI=1S/C12H13ClN2O4S/c13-8-1-2-9(11(16)17)10(7-8)14-12(18)15-3-5-20(19)6-4-15/h1-2,7H,3-6H2,(H,14,18)(H,16,17). The summed E-state index contributed by atoms with van der Waals surface area (Å²) in [6.45, 7) is 0.781. The number of amides is 2. The van der Waals surface area contributed by atoms with Crippen LogP contribution >= 0.6 is 11.6 Å². The number of carbonyl (C=O) groups excluding carboxylic acids is 1. The molecular formula is C12H13ClN2O4S. The lowest BCUT2D eigenvalue weighted by molar-refractivity contribution is 0.0698. The predicted molar refractivity (Wildman–Crippen MR) is 76.9 cm³/mol. The number of aromatic carboxylic acids is 1. The molecule has 0 radical (unpaired) electrons. The first-order valence-corrected chi connectivity index (χ1v) is 7.77. The molecule has 0 unspecified atom stereocenters. The molecule has 20 heavy (non-hydrogen) atoms. The number of benzene rings is 1. The average Bonchev–Trinajstić information content (AvgIpc) is 2.39. The van der Waals surface area contributed by atoms with Crippen LogP contribution in [0.4, 0.5) is 10.5 Å². The second kappa shape index (κ2) is 6.23. The van der Waals surface area contributed by atoms with Crippen LogP contribution in [-0.2, 0) is 10.8 Å². The van der Waals surface area contributed by atoms with Crippen molar-refractivity contribution < 1.29 is 18.9 Å². The van der Waals surface area contributed by atoms with Gasteiger partial charge < -0.3 is 15.3 Å². The Labute approximate surface area is 123 Å². The molecule has 2 N–H and O–H groups in total. The molecule has 0 saturated carbocycles. The van der Waals surface area contributed by atoms with Crippen molar-refractivity contribution in [1.29, 1.82) is 0 Å². The molecule has 0 bridgehead atoms. The molecule has 0 atom stereocenters. The summed E-state index contributed by atoms with van der Waals surface area (Å²) in [7, 11) is -0.876. The summed E-state index contributed by atoms with van der Waals surface area (Å²) < 4.78 is 11.2. The maximum absolute atomic E-state index is 12.0. The largest absolute Gasteiger partial charge is 0.478 e. The molecule has 1 aromatic rings. The smallest absolute Gasteiger partial charge is 0.337 e. The molecule has 0 aromatic heterocycles. The predicted octanol–water partition coefficient (Wildman–Crippen LogP) is 1.63. The number of nitrogens with zero attached hydrogens (tertiary/aromatic N) is 1. The first-order valence-electron chi connectivity index (χ1n) is 5.91. The lowest BCUT2D eigenvalue weighted by Gasteiger charge is -2.26. The van der Waals surface area contributed by atoms with Gasteiger partial charge in [-0.2, -0.15) is 0 Å². The van der Waals surface area contributed by atoms with Crippen LogP contribution in [0.15, 0.2) is 18.2 Å². The number of hydrogen-bond acceptors (Lipinski definition) is 3. The average molecular weight is 317 g/mol. The highest BCUT2D eigenvalue weighted by Crippen LogP contribution is 2.21. The molecule has 108 valence electrons. The molecule has 1 aliphatic heterocycles. The summed E-state index contributed by atoms with van der Waals surface area (Å²) in [5.41, 5.74) is 0.130. The minimum absolute atomic E-state index is 0.0247. The van der Waals surface area contributed by atoms with E-state index in [1.807, 2.05) is 0 Å². The van der Waals surface area contributed by atoms with Crippen molar-refractivity contribution in [3.8, 4) is 0 Å². The van der Waals surface area contributed by atoms with Crippen molar-refractivity contribution in [2.75, 3.05) is 29.9 Å². The zero-order valence-corrected chi connectivity index (χ0v) is 12.0. The Morgan fingerprint density at radius 1 is 1.30 bits per heavy atom. The number of nitrogens with one attached hydrogen (secondary N) is 1. The highest BCUT2D eigenvalue weighted by atomic mass is 35.5. The molecule has 0 aliphatic carbocycles. The third kappa shape index (κ3) is 3.49. The first-order chi connectivity index (χ1) is 9.47. The minimum atomic E-state index is -1.14. The maximum Gasteiger partial charge on any atom is 0.337 e. The topological polar surface area (TPSA) is 86.7 Å². The molecule has 1 aliphatic rings. The van der Waals surface area contributed by atoms with E-state index in [-0.39, 0.29) is 11.3 Å². The molecule has 1 heterocycles. The van der Waals surface area contributed by atoms with Gasteiger partial charge in [-0.05, 0) is 18.2 Å². The highest BCUT2D eigenvalue weighted by molar-refractivity contribution is 7.85. The quantitative estimate of drug-likeness (QED) is 0.868. The Morgan fingerprint density at radius 3 is 2.55 bits per heavy atom.